The van der Waals surface area contributed by atoms with E-state index in [-0.39, 0.29) is 53.4 Å². The lowest BCUT2D eigenvalue weighted by Crippen LogP contribution is -2.41. The van der Waals surface area contributed by atoms with Gasteiger partial charge in [0.15, 0.2) is 0 Å². The second kappa shape index (κ2) is 22.9. The van der Waals surface area contributed by atoms with Crippen molar-refractivity contribution in [2.75, 3.05) is 38.1 Å². The van der Waals surface area contributed by atoms with Crippen LogP contribution in [-0.2, 0) is 31.9 Å². The molecule has 1 aliphatic heterocycles. The number of nitriles is 2. The van der Waals surface area contributed by atoms with E-state index in [1.165, 1.54) is 5.69 Å². The van der Waals surface area contributed by atoms with Crippen LogP contribution in [0.5, 0.6) is 0 Å². The molecule has 0 unspecified atom stereocenters. The van der Waals surface area contributed by atoms with Crippen LogP contribution < -0.4 is 16.1 Å². The highest BCUT2D eigenvalue weighted by Gasteiger charge is 2.52. The second-order valence-electron chi connectivity index (χ2n) is 22.9. The molecule has 11 rings (SSSR count). The van der Waals surface area contributed by atoms with Gasteiger partial charge in [-0.15, -0.1) is 10.2 Å². The second-order valence-corrected chi connectivity index (χ2v) is 23.8. The van der Waals surface area contributed by atoms with Crippen molar-refractivity contribution in [1.82, 2.24) is 48.8 Å². The molecule has 4 N–H and O–H groups in total. The lowest BCUT2D eigenvalue weighted by atomic mass is 9.82. The molecule has 0 spiro atoms. The average Bonchev–Trinajstić information content (AvgIpc) is 4.03. The number of aliphatic hydroxyl groups is 2. The van der Waals surface area contributed by atoms with Gasteiger partial charge in [0.2, 0.25) is 11.9 Å². The molecule has 22 heteroatoms. The van der Waals surface area contributed by atoms with Gasteiger partial charge in [-0.05, 0) is 147 Å². The number of fused-ring (bicyclic) bond motifs is 2. The molecule has 7 heterocycles. The van der Waals surface area contributed by atoms with E-state index in [4.69, 9.17) is 29.1 Å². The zero-order chi connectivity index (χ0) is 54.0. The molecule has 0 bridgehead atoms. The number of ether oxygens (including phenoxy) is 2. The average molecular weight is 1110 g/mol. The van der Waals surface area contributed by atoms with Crippen LogP contribution in [0.2, 0.25) is 0 Å². The smallest absolute Gasteiger partial charge is 0.399 e. The monoisotopic (exact) mass is 1100 g/mol. The minimum atomic E-state index is -0.383. The molecule has 5 fully saturated rings. The Bertz CT molecular complexity index is 3010. The number of halogens is 1. The summed E-state index contributed by atoms with van der Waals surface area (Å²) in [6.45, 7) is 14.7. The molecule has 4 saturated carbocycles. The Morgan fingerprint density at radius 1 is 0.697 bits per heavy atom. The minimum absolute atomic E-state index is 0.0869. The van der Waals surface area contributed by atoms with Crippen LogP contribution in [0.1, 0.15) is 142 Å². The molecule has 4 aliphatic carbocycles. The summed E-state index contributed by atoms with van der Waals surface area (Å²) < 4.78 is 31.1. The number of hydrogen-bond acceptors (Lipinski definition) is 16. The molecule has 406 valence electrons. The van der Waals surface area contributed by atoms with Crippen LogP contribution in [0, 0.1) is 33.5 Å². The van der Waals surface area contributed by atoms with Gasteiger partial charge in [0, 0.05) is 89.2 Å². The van der Waals surface area contributed by atoms with E-state index in [0.29, 0.717) is 50.0 Å². The lowest BCUT2D eigenvalue weighted by molar-refractivity contribution is 0.00578. The number of aromatic nitrogens is 10. The summed E-state index contributed by atoms with van der Waals surface area (Å²) >= 11 is 3.61. The van der Waals surface area contributed by atoms with Crippen LogP contribution in [0.25, 0.3) is 22.2 Å². The maximum atomic E-state index is 10.00. The van der Waals surface area contributed by atoms with Gasteiger partial charge in [-0.2, -0.15) is 20.7 Å². The molecule has 6 aromatic heterocycles. The summed E-state index contributed by atoms with van der Waals surface area (Å²) in [5.74, 6) is 1.92. The standard InChI is InChI=1S/C24H31N7O2.C16H23BrN4O2.C14H20BN3O2/c1-16(13-33-2)28-23-26-11-22-20(18-10-27-30(12-18)15-24(14-25)7-8-24)9-21(31(22)29-23)17-3-5-19(32)6-4-17;1-10(9-23-2)19-16-18-8-15-13(17)7-14(21(15)20-16)11-3-5-12(22)6-4-11;1-12(2)13(3,4)20-15(19-12)11-7-17-18(8-11)10-14(9-16)5-6-14/h9-12,16-17,19,32H,3-8,13,15H2,1-2H3,(H,28,29);7-8,10-12,22H,3-6,9H2,1-2H3,(H,19,20);7-8H,5-6,10H2,1-4H3/t16-,17?,19?;10-,11?,12?;/m00./s1. The third-order valence-electron chi connectivity index (χ3n) is 16.1. The number of aliphatic hydroxyl groups excluding tert-OH is 2. The number of nitrogens with zero attached hydrogens (tertiary/aromatic N) is 12. The fourth-order valence-electron chi connectivity index (χ4n) is 10.4. The highest BCUT2D eigenvalue weighted by Crippen LogP contribution is 2.47. The summed E-state index contributed by atoms with van der Waals surface area (Å²) in [5, 5.41) is 63.2. The molecule has 0 amide bonds. The van der Waals surface area contributed by atoms with Gasteiger partial charge in [0.05, 0.1) is 102 Å². The zero-order valence-corrected chi connectivity index (χ0v) is 46.8. The molecular weight excluding hydrogens is 1030 g/mol. The number of nitrogens with one attached hydrogen (secondary N) is 2. The first-order chi connectivity index (χ1) is 36.3. The van der Waals surface area contributed by atoms with Crippen LogP contribution in [0.15, 0.2) is 53.8 Å². The van der Waals surface area contributed by atoms with Crippen LogP contribution in [0.3, 0.4) is 0 Å². The van der Waals surface area contributed by atoms with Crippen molar-refractivity contribution in [2.45, 2.75) is 179 Å². The number of methoxy groups -OCH3 is 2. The predicted octanol–water partition coefficient (Wildman–Crippen LogP) is 7.81. The topological polar surface area (TPSA) is 245 Å². The molecule has 2 atom stereocenters. The van der Waals surface area contributed by atoms with Crippen LogP contribution >= 0.6 is 15.9 Å². The quantitative estimate of drug-likeness (QED) is 0.0675. The van der Waals surface area contributed by atoms with Crippen LogP contribution in [0.4, 0.5) is 11.9 Å². The summed E-state index contributed by atoms with van der Waals surface area (Å²) in [6.07, 6.45) is 21.9. The Balaban J connectivity index is 0.000000145. The highest BCUT2D eigenvalue weighted by molar-refractivity contribution is 9.10. The Hall–Kier alpha value is -5.46. The molecule has 1 saturated heterocycles. The van der Waals surface area contributed by atoms with Crippen molar-refractivity contribution in [3.05, 3.63) is 65.2 Å². The van der Waals surface area contributed by atoms with Crippen molar-refractivity contribution in [2.24, 2.45) is 10.8 Å². The highest BCUT2D eigenvalue weighted by atomic mass is 79.9. The largest absolute Gasteiger partial charge is 0.498 e. The molecule has 0 aromatic carbocycles. The van der Waals surface area contributed by atoms with Gasteiger partial charge in [0.1, 0.15) is 0 Å². The van der Waals surface area contributed by atoms with Crippen molar-refractivity contribution in [3.8, 4) is 23.3 Å². The molecular formula is C54H74BBrN14O6. The van der Waals surface area contributed by atoms with E-state index in [0.717, 1.165) is 115 Å². The molecule has 76 heavy (non-hydrogen) atoms. The van der Waals surface area contributed by atoms with E-state index < -0.39 is 0 Å². The number of rotatable bonds is 16. The van der Waals surface area contributed by atoms with Gasteiger partial charge in [-0.25, -0.2) is 19.0 Å². The van der Waals surface area contributed by atoms with Crippen molar-refractivity contribution < 1.29 is 29.0 Å². The first kappa shape index (κ1) is 55.3. The minimum Gasteiger partial charge on any atom is -0.399 e. The van der Waals surface area contributed by atoms with Crippen molar-refractivity contribution >= 4 is 51.4 Å². The molecule has 6 aromatic rings. The lowest BCUT2D eigenvalue weighted by Gasteiger charge is -2.32. The van der Waals surface area contributed by atoms with E-state index >= 15 is 0 Å². The molecule has 0 radical (unpaired) electrons. The van der Waals surface area contributed by atoms with E-state index in [2.05, 4.69) is 76.1 Å². The Kier molecular flexibility index (Phi) is 16.6. The third-order valence-corrected chi connectivity index (χ3v) is 16.7. The van der Waals surface area contributed by atoms with Gasteiger partial charge >= 0.3 is 7.12 Å². The molecule has 5 aliphatic rings. The number of hydrogen-bond donors (Lipinski definition) is 4. The molecule has 20 nitrogen and oxygen atoms in total. The SMILES string of the molecule is CC1(C)OB(c2cnn(CC3(C#N)CC3)c2)OC1(C)C.COC[C@H](C)Nc1ncc2c(-c3cnn(CC4(C#N)CC4)c3)cc(C3CCC(O)CC3)n2n1.COC[C@H](C)Nc1ncc2c(Br)cc(C3CCC(O)CC3)n2n1. The van der Waals surface area contributed by atoms with Gasteiger partial charge in [-0.3, -0.25) is 9.36 Å². The summed E-state index contributed by atoms with van der Waals surface area (Å²) in [7, 11) is 2.98. The summed E-state index contributed by atoms with van der Waals surface area (Å²) in [5.41, 5.74) is 6.05. The van der Waals surface area contributed by atoms with Crippen molar-refractivity contribution in [1.29, 1.82) is 10.5 Å². The summed E-state index contributed by atoms with van der Waals surface area (Å²) in [4.78, 5) is 8.96. The zero-order valence-electron chi connectivity index (χ0n) is 45.2. The maximum absolute atomic E-state index is 10.00. The first-order valence-corrected chi connectivity index (χ1v) is 27.7. The van der Waals surface area contributed by atoms with Gasteiger partial charge < -0.3 is 39.6 Å². The van der Waals surface area contributed by atoms with E-state index in [1.807, 2.05) is 90.9 Å². The Morgan fingerprint density at radius 2 is 1.16 bits per heavy atom. The summed E-state index contributed by atoms with van der Waals surface area (Å²) in [6, 6.07) is 9.39. The predicted molar refractivity (Wildman–Crippen MR) is 292 cm³/mol. The Morgan fingerprint density at radius 3 is 1.64 bits per heavy atom. The van der Waals surface area contributed by atoms with E-state index in [1.54, 1.807) is 20.4 Å². The van der Waals surface area contributed by atoms with Crippen molar-refractivity contribution in [3.63, 3.8) is 0 Å². The van der Waals surface area contributed by atoms with Crippen LogP contribution in [-0.4, -0.2) is 129 Å². The fraction of sp³-hybridized carbons (Fsp3) is 0.630. The van der Waals surface area contributed by atoms with E-state index in [9.17, 15) is 15.5 Å². The van der Waals surface area contributed by atoms with Gasteiger partial charge in [-0.1, -0.05) is 0 Å². The van der Waals surface area contributed by atoms with Gasteiger partial charge in [0.25, 0.3) is 0 Å². The Labute approximate surface area is 454 Å². The first-order valence-electron chi connectivity index (χ1n) is 26.9. The normalized spacial score (nSPS) is 23.6. The third kappa shape index (κ3) is 12.6. The maximum Gasteiger partial charge on any atom is 0.498 e. The number of anilines is 2. The fourth-order valence-corrected chi connectivity index (χ4v) is 10.9.